The fraction of sp³-hybridized carbons (Fsp3) is 0.333. The Kier molecular flexibility index (Phi) is 6.13. The first-order chi connectivity index (χ1) is 13.2. The Morgan fingerprint density at radius 3 is 1.29 bits per heavy atom. The molecule has 3 rings (SSSR count). The van der Waals surface area contributed by atoms with Gasteiger partial charge in [0.2, 0.25) is 20.0 Å². The van der Waals surface area contributed by atoms with Crippen LogP contribution >= 0.6 is 0 Å². The first kappa shape index (κ1) is 20.8. The van der Waals surface area contributed by atoms with Gasteiger partial charge < -0.3 is 0 Å². The quantitative estimate of drug-likeness (QED) is 0.737. The van der Waals surface area contributed by atoms with Crippen molar-refractivity contribution in [3.8, 4) is 0 Å². The van der Waals surface area contributed by atoms with Gasteiger partial charge in [-0.05, 0) is 61.4 Å². The summed E-state index contributed by atoms with van der Waals surface area (Å²) in [7, 11) is -7.87. The summed E-state index contributed by atoms with van der Waals surface area (Å²) in [6.45, 7) is 0. The van der Waals surface area contributed by atoms with E-state index < -0.39 is 43.8 Å². The van der Waals surface area contributed by atoms with Crippen LogP contribution in [0.5, 0.6) is 0 Å². The SMILES string of the molecule is O=S(=O)(N[C@@H]1CCCC[C@H]1NS(=O)(=O)c1ccc(F)cc1)c1ccc(F)cc1. The molecule has 10 heteroatoms. The van der Waals surface area contributed by atoms with E-state index in [0.29, 0.717) is 12.8 Å². The van der Waals surface area contributed by atoms with Gasteiger partial charge >= 0.3 is 0 Å². The van der Waals surface area contributed by atoms with E-state index in [1.807, 2.05) is 0 Å². The predicted octanol–water partition coefficient (Wildman–Crippen LogP) is 2.53. The second kappa shape index (κ2) is 8.24. The van der Waals surface area contributed by atoms with E-state index in [-0.39, 0.29) is 9.79 Å². The minimum absolute atomic E-state index is 0.0976. The lowest BCUT2D eigenvalue weighted by Crippen LogP contribution is -2.52. The summed E-state index contributed by atoms with van der Waals surface area (Å²) < 4.78 is 81.5. The van der Waals surface area contributed by atoms with E-state index in [1.54, 1.807) is 0 Å². The van der Waals surface area contributed by atoms with Crippen LogP contribution < -0.4 is 9.44 Å². The van der Waals surface area contributed by atoms with Gasteiger partial charge in [0.1, 0.15) is 11.6 Å². The monoisotopic (exact) mass is 430 g/mol. The molecule has 0 aliphatic heterocycles. The van der Waals surface area contributed by atoms with Crippen molar-refractivity contribution in [1.82, 2.24) is 9.44 Å². The molecule has 0 heterocycles. The van der Waals surface area contributed by atoms with Crippen LogP contribution in [0.2, 0.25) is 0 Å². The smallest absolute Gasteiger partial charge is 0.207 e. The first-order valence-corrected chi connectivity index (χ1v) is 11.7. The van der Waals surface area contributed by atoms with E-state index in [9.17, 15) is 25.6 Å². The molecule has 1 fully saturated rings. The number of halogens is 2. The average Bonchev–Trinajstić information content (AvgIpc) is 2.64. The van der Waals surface area contributed by atoms with Crippen molar-refractivity contribution in [2.24, 2.45) is 0 Å². The van der Waals surface area contributed by atoms with Gasteiger partial charge in [0.25, 0.3) is 0 Å². The number of hydrogen-bond acceptors (Lipinski definition) is 4. The van der Waals surface area contributed by atoms with Crippen LogP contribution in [0.15, 0.2) is 58.3 Å². The summed E-state index contributed by atoms with van der Waals surface area (Å²) in [5.41, 5.74) is 0. The normalized spacial score (nSPS) is 20.8. The molecule has 0 saturated heterocycles. The Hall–Kier alpha value is -1.88. The summed E-state index contributed by atoms with van der Waals surface area (Å²) in [6.07, 6.45) is 2.39. The molecular formula is C18H20F2N2O4S2. The summed E-state index contributed by atoms with van der Waals surface area (Å²) in [5, 5.41) is 0. The van der Waals surface area contributed by atoms with Crippen molar-refractivity contribution in [2.75, 3.05) is 0 Å². The van der Waals surface area contributed by atoms with Crippen molar-refractivity contribution < 1.29 is 25.6 Å². The molecular weight excluding hydrogens is 410 g/mol. The molecule has 0 radical (unpaired) electrons. The van der Waals surface area contributed by atoms with E-state index >= 15 is 0 Å². The predicted molar refractivity (Wildman–Crippen MR) is 99.5 cm³/mol. The van der Waals surface area contributed by atoms with Crippen LogP contribution in [0.1, 0.15) is 25.7 Å². The van der Waals surface area contributed by atoms with Crippen LogP contribution in [0.25, 0.3) is 0 Å². The number of hydrogen-bond donors (Lipinski definition) is 2. The summed E-state index contributed by atoms with van der Waals surface area (Å²) in [6, 6.07) is 7.48. The Labute approximate surface area is 163 Å². The van der Waals surface area contributed by atoms with Gasteiger partial charge in [0.05, 0.1) is 9.79 Å². The number of rotatable bonds is 6. The molecule has 2 atom stereocenters. The zero-order valence-corrected chi connectivity index (χ0v) is 16.4. The Balaban J connectivity index is 1.78. The Morgan fingerprint density at radius 2 is 0.964 bits per heavy atom. The van der Waals surface area contributed by atoms with Crippen LogP contribution in [0.4, 0.5) is 8.78 Å². The lowest BCUT2D eigenvalue weighted by molar-refractivity contribution is 0.340. The minimum atomic E-state index is -3.94. The van der Waals surface area contributed by atoms with E-state index in [0.717, 1.165) is 61.4 Å². The van der Waals surface area contributed by atoms with Crippen molar-refractivity contribution in [3.05, 3.63) is 60.2 Å². The number of sulfonamides is 2. The average molecular weight is 430 g/mol. The standard InChI is InChI=1S/C18H20F2N2O4S2/c19-13-5-9-15(10-6-13)27(23,24)21-17-3-1-2-4-18(17)22-28(25,26)16-11-7-14(20)8-12-16/h5-12,17-18,21-22H,1-4H2/t17-,18-/m1/s1. The highest BCUT2D eigenvalue weighted by atomic mass is 32.2. The topological polar surface area (TPSA) is 92.3 Å². The van der Waals surface area contributed by atoms with Crippen molar-refractivity contribution in [3.63, 3.8) is 0 Å². The third kappa shape index (κ3) is 4.93. The fourth-order valence-corrected chi connectivity index (χ4v) is 5.80. The molecule has 6 nitrogen and oxygen atoms in total. The fourth-order valence-electron chi connectivity index (χ4n) is 3.18. The zero-order valence-electron chi connectivity index (χ0n) is 14.8. The molecule has 28 heavy (non-hydrogen) atoms. The van der Waals surface area contributed by atoms with Gasteiger partial charge in [-0.2, -0.15) is 0 Å². The second-order valence-electron chi connectivity index (χ2n) is 6.65. The molecule has 0 aromatic heterocycles. The van der Waals surface area contributed by atoms with Crippen LogP contribution in [0, 0.1) is 11.6 Å². The highest BCUT2D eigenvalue weighted by Crippen LogP contribution is 2.23. The molecule has 152 valence electrons. The van der Waals surface area contributed by atoms with Crippen LogP contribution in [-0.4, -0.2) is 28.9 Å². The first-order valence-electron chi connectivity index (χ1n) is 8.73. The van der Waals surface area contributed by atoms with E-state index in [4.69, 9.17) is 0 Å². The largest absolute Gasteiger partial charge is 0.240 e. The Morgan fingerprint density at radius 1 is 0.643 bits per heavy atom. The van der Waals surface area contributed by atoms with E-state index in [2.05, 4.69) is 9.44 Å². The molecule has 0 bridgehead atoms. The molecule has 0 unspecified atom stereocenters. The lowest BCUT2D eigenvalue weighted by atomic mass is 9.92. The number of benzene rings is 2. The van der Waals surface area contributed by atoms with Gasteiger partial charge in [-0.25, -0.2) is 35.1 Å². The number of nitrogens with one attached hydrogen (secondary N) is 2. The van der Waals surface area contributed by atoms with Crippen molar-refractivity contribution in [1.29, 1.82) is 0 Å². The van der Waals surface area contributed by atoms with Gasteiger partial charge in [0.15, 0.2) is 0 Å². The third-order valence-electron chi connectivity index (χ3n) is 4.63. The molecule has 2 aromatic rings. The second-order valence-corrected chi connectivity index (χ2v) is 10.1. The summed E-state index contributed by atoms with van der Waals surface area (Å²) in [4.78, 5) is -0.195. The third-order valence-corrected chi connectivity index (χ3v) is 7.64. The Bertz CT molecular complexity index is 939. The molecule has 2 N–H and O–H groups in total. The summed E-state index contributed by atoms with van der Waals surface area (Å²) in [5.74, 6) is -1.11. The van der Waals surface area contributed by atoms with Gasteiger partial charge in [-0.15, -0.1) is 0 Å². The summed E-state index contributed by atoms with van der Waals surface area (Å²) >= 11 is 0. The molecule has 0 spiro atoms. The maximum absolute atomic E-state index is 13.1. The zero-order chi connectivity index (χ0) is 20.4. The van der Waals surface area contributed by atoms with Crippen LogP contribution in [0.3, 0.4) is 0 Å². The highest BCUT2D eigenvalue weighted by Gasteiger charge is 2.32. The molecule has 1 saturated carbocycles. The maximum Gasteiger partial charge on any atom is 0.240 e. The van der Waals surface area contributed by atoms with Gasteiger partial charge in [-0.3, -0.25) is 0 Å². The van der Waals surface area contributed by atoms with Gasteiger partial charge in [-0.1, -0.05) is 12.8 Å². The molecule has 2 aromatic carbocycles. The molecule has 0 amide bonds. The highest BCUT2D eigenvalue weighted by molar-refractivity contribution is 7.90. The molecule has 1 aliphatic carbocycles. The maximum atomic E-state index is 13.1. The molecule has 1 aliphatic rings. The van der Waals surface area contributed by atoms with Gasteiger partial charge in [0, 0.05) is 12.1 Å². The van der Waals surface area contributed by atoms with Crippen molar-refractivity contribution in [2.45, 2.75) is 47.6 Å². The lowest BCUT2D eigenvalue weighted by Gasteiger charge is -2.32. The van der Waals surface area contributed by atoms with Crippen molar-refractivity contribution >= 4 is 20.0 Å². The van der Waals surface area contributed by atoms with E-state index in [1.165, 1.54) is 0 Å². The van der Waals surface area contributed by atoms with Crippen LogP contribution in [-0.2, 0) is 20.0 Å². The minimum Gasteiger partial charge on any atom is -0.207 e.